The van der Waals surface area contributed by atoms with Crippen LogP contribution in [0.3, 0.4) is 0 Å². The van der Waals surface area contributed by atoms with Gasteiger partial charge in [-0.1, -0.05) is 0 Å². The van der Waals surface area contributed by atoms with E-state index in [1.807, 2.05) is 0 Å². The van der Waals surface area contributed by atoms with E-state index in [2.05, 4.69) is 9.36 Å². The number of ketones is 1. The molecule has 0 aliphatic heterocycles. The van der Waals surface area contributed by atoms with Crippen LogP contribution in [-0.4, -0.2) is 26.8 Å². The molecular weight excluding hydrogens is 381 g/mol. The molecule has 0 N–H and O–H groups in total. The molecule has 0 fully saturated rings. The van der Waals surface area contributed by atoms with E-state index >= 15 is 0 Å². The highest BCUT2D eigenvalue weighted by Gasteiger charge is 2.16. The van der Waals surface area contributed by atoms with Gasteiger partial charge >= 0.3 is 0 Å². The van der Waals surface area contributed by atoms with Crippen LogP contribution in [0, 0.1) is 5.82 Å². The molecule has 4 rings (SSSR count). The number of carbonyl (C=O) groups is 1. The largest absolute Gasteiger partial charge is 0.497 e. The van der Waals surface area contributed by atoms with Gasteiger partial charge in [-0.25, -0.2) is 9.37 Å². The second-order valence-corrected chi connectivity index (χ2v) is 6.82. The van der Waals surface area contributed by atoms with Crippen molar-refractivity contribution in [3.8, 4) is 17.0 Å². The van der Waals surface area contributed by atoms with Gasteiger partial charge in [0.2, 0.25) is 0 Å². The smallest absolute Gasteiger partial charge is 0.273 e. The van der Waals surface area contributed by atoms with E-state index in [0.29, 0.717) is 32.8 Å². The van der Waals surface area contributed by atoms with Gasteiger partial charge in [-0.3, -0.25) is 14.2 Å². The minimum Gasteiger partial charge on any atom is -0.497 e. The lowest BCUT2D eigenvalue weighted by molar-refractivity contribution is 0.0970. The van der Waals surface area contributed by atoms with Gasteiger partial charge in [0.25, 0.3) is 5.56 Å². The summed E-state index contributed by atoms with van der Waals surface area (Å²) < 4.78 is 24.1. The molecule has 8 heteroatoms. The first-order valence-corrected chi connectivity index (χ1v) is 9.12. The van der Waals surface area contributed by atoms with E-state index in [0.717, 1.165) is 11.5 Å². The maximum absolute atomic E-state index is 13.1. The standard InChI is InChI=1S/C20H14FN3O3S/c1-27-15-8-4-12(5-9-15)16(25)10-24-11-22-18-17(23-28-19(18)20(24)26)13-2-6-14(21)7-3-13/h2-9,11H,10H2,1H3. The Balaban J connectivity index is 1.65. The summed E-state index contributed by atoms with van der Waals surface area (Å²) >= 11 is 1.01. The van der Waals surface area contributed by atoms with E-state index in [9.17, 15) is 14.0 Å². The number of hydrogen-bond acceptors (Lipinski definition) is 6. The normalized spacial score (nSPS) is 10.9. The number of Topliss-reactive ketones (excluding diaryl/α,β-unsaturated/α-hetero) is 1. The first kappa shape index (κ1) is 18.0. The topological polar surface area (TPSA) is 74.1 Å². The van der Waals surface area contributed by atoms with Gasteiger partial charge in [-0.05, 0) is 60.1 Å². The minimum absolute atomic E-state index is 0.127. The van der Waals surface area contributed by atoms with Crippen LogP contribution in [0.15, 0.2) is 59.7 Å². The van der Waals surface area contributed by atoms with Crippen LogP contribution in [0.5, 0.6) is 5.75 Å². The Morgan fingerprint density at radius 1 is 1.14 bits per heavy atom. The van der Waals surface area contributed by atoms with Crippen LogP contribution in [0.2, 0.25) is 0 Å². The molecule has 0 aliphatic rings. The molecule has 0 radical (unpaired) electrons. The zero-order valence-corrected chi connectivity index (χ0v) is 15.6. The molecule has 6 nitrogen and oxygen atoms in total. The third-order valence-corrected chi connectivity index (χ3v) is 5.12. The second-order valence-electron chi connectivity index (χ2n) is 6.05. The van der Waals surface area contributed by atoms with E-state index in [1.165, 1.54) is 23.0 Å². The number of methoxy groups -OCH3 is 1. The van der Waals surface area contributed by atoms with Crippen LogP contribution >= 0.6 is 11.5 Å². The van der Waals surface area contributed by atoms with Crippen molar-refractivity contribution in [3.05, 3.63) is 76.6 Å². The lowest BCUT2D eigenvalue weighted by Gasteiger charge is -2.06. The molecule has 2 aromatic carbocycles. The Morgan fingerprint density at radius 2 is 1.86 bits per heavy atom. The molecule has 0 aliphatic carbocycles. The molecular formula is C20H14FN3O3S. The van der Waals surface area contributed by atoms with Crippen molar-refractivity contribution in [1.82, 2.24) is 13.9 Å². The van der Waals surface area contributed by atoms with Crippen molar-refractivity contribution in [1.29, 1.82) is 0 Å². The van der Waals surface area contributed by atoms with Crippen LogP contribution in [0.1, 0.15) is 10.4 Å². The van der Waals surface area contributed by atoms with E-state index in [1.54, 1.807) is 43.5 Å². The molecule has 28 heavy (non-hydrogen) atoms. The van der Waals surface area contributed by atoms with Crippen LogP contribution < -0.4 is 10.3 Å². The van der Waals surface area contributed by atoms with E-state index in [-0.39, 0.29) is 23.7 Å². The van der Waals surface area contributed by atoms with Gasteiger partial charge in [0, 0.05) is 11.1 Å². The Labute approximate surface area is 163 Å². The summed E-state index contributed by atoms with van der Waals surface area (Å²) in [6, 6.07) is 12.5. The molecule has 0 saturated heterocycles. The summed E-state index contributed by atoms with van der Waals surface area (Å²) in [4.78, 5) is 29.6. The molecule has 0 spiro atoms. The number of hydrogen-bond donors (Lipinski definition) is 0. The monoisotopic (exact) mass is 395 g/mol. The number of carbonyl (C=O) groups excluding carboxylic acids is 1. The zero-order valence-electron chi connectivity index (χ0n) is 14.8. The predicted molar refractivity (Wildman–Crippen MR) is 104 cm³/mol. The summed E-state index contributed by atoms with van der Waals surface area (Å²) in [5.41, 5.74) is 1.77. The highest BCUT2D eigenvalue weighted by molar-refractivity contribution is 7.13. The number of halogens is 1. The Morgan fingerprint density at radius 3 is 2.54 bits per heavy atom. The van der Waals surface area contributed by atoms with Gasteiger partial charge in [0.1, 0.15) is 27.5 Å². The Hall–Kier alpha value is -3.39. The molecule has 4 aromatic rings. The van der Waals surface area contributed by atoms with Crippen LogP contribution in [-0.2, 0) is 6.54 Å². The molecule has 0 bridgehead atoms. The zero-order chi connectivity index (χ0) is 19.7. The average molecular weight is 395 g/mol. The Kier molecular flexibility index (Phi) is 4.70. The maximum Gasteiger partial charge on any atom is 0.273 e. The van der Waals surface area contributed by atoms with Gasteiger partial charge in [-0.2, -0.15) is 4.37 Å². The lowest BCUT2D eigenvalue weighted by Crippen LogP contribution is -2.24. The van der Waals surface area contributed by atoms with Crippen molar-refractivity contribution in [2.24, 2.45) is 0 Å². The second kappa shape index (κ2) is 7.32. The van der Waals surface area contributed by atoms with Crippen molar-refractivity contribution >= 4 is 27.5 Å². The minimum atomic E-state index is -0.351. The van der Waals surface area contributed by atoms with Gasteiger partial charge < -0.3 is 4.74 Å². The quantitative estimate of drug-likeness (QED) is 0.483. The number of ether oxygens (including phenoxy) is 1. The third-order valence-electron chi connectivity index (χ3n) is 4.29. The summed E-state index contributed by atoms with van der Waals surface area (Å²) in [6.45, 7) is -0.127. The van der Waals surface area contributed by atoms with E-state index in [4.69, 9.17) is 4.74 Å². The molecule has 0 saturated carbocycles. The van der Waals surface area contributed by atoms with Gasteiger partial charge in [0.15, 0.2) is 5.78 Å². The number of aromatic nitrogens is 3. The fraction of sp³-hybridized carbons (Fsp3) is 0.100. The lowest BCUT2D eigenvalue weighted by atomic mass is 10.1. The van der Waals surface area contributed by atoms with Crippen molar-refractivity contribution < 1.29 is 13.9 Å². The Bertz CT molecular complexity index is 1210. The summed E-state index contributed by atoms with van der Waals surface area (Å²) in [7, 11) is 1.55. The maximum atomic E-state index is 13.1. The van der Waals surface area contributed by atoms with Crippen LogP contribution in [0.4, 0.5) is 4.39 Å². The van der Waals surface area contributed by atoms with Gasteiger partial charge in [-0.15, -0.1) is 0 Å². The number of rotatable bonds is 5. The number of fused-ring (bicyclic) bond motifs is 1. The fourth-order valence-electron chi connectivity index (χ4n) is 2.79. The molecule has 2 aromatic heterocycles. The highest BCUT2D eigenvalue weighted by Crippen LogP contribution is 2.27. The molecule has 0 unspecified atom stereocenters. The first-order chi connectivity index (χ1) is 13.6. The van der Waals surface area contributed by atoms with Crippen molar-refractivity contribution in [2.45, 2.75) is 6.54 Å². The molecule has 2 heterocycles. The predicted octanol–water partition coefficient (Wildman–Crippen LogP) is 3.55. The third kappa shape index (κ3) is 3.29. The van der Waals surface area contributed by atoms with Crippen molar-refractivity contribution in [3.63, 3.8) is 0 Å². The molecule has 0 atom stereocenters. The highest BCUT2D eigenvalue weighted by atomic mass is 32.1. The SMILES string of the molecule is COc1ccc(C(=O)Cn2cnc3c(-c4ccc(F)cc4)nsc3c2=O)cc1. The average Bonchev–Trinajstić information content (AvgIpc) is 3.15. The number of nitrogens with zero attached hydrogens (tertiary/aromatic N) is 3. The summed E-state index contributed by atoms with van der Waals surface area (Å²) in [5, 5.41) is 0. The molecule has 0 amide bonds. The number of benzene rings is 2. The van der Waals surface area contributed by atoms with E-state index < -0.39 is 0 Å². The summed E-state index contributed by atoms with van der Waals surface area (Å²) in [6.07, 6.45) is 1.34. The molecule has 140 valence electrons. The van der Waals surface area contributed by atoms with Gasteiger partial charge in [0.05, 0.1) is 20.0 Å². The fourth-order valence-corrected chi connectivity index (χ4v) is 3.59. The van der Waals surface area contributed by atoms with Crippen molar-refractivity contribution in [2.75, 3.05) is 7.11 Å². The van der Waals surface area contributed by atoms with Crippen LogP contribution in [0.25, 0.3) is 21.5 Å². The first-order valence-electron chi connectivity index (χ1n) is 8.35. The summed E-state index contributed by atoms with van der Waals surface area (Å²) in [5.74, 6) is 0.0830.